The summed E-state index contributed by atoms with van der Waals surface area (Å²) in [7, 11) is 0. The van der Waals surface area contributed by atoms with E-state index in [-0.39, 0.29) is 67.4 Å². The number of carboxylic acids is 1. The first kappa shape index (κ1) is 50.5. The SMILES string of the molecule is C.CC(C)(C)OC(=O)NC1CCC1.C[C@@H]1CN(c2ccc(C(F)(F)F)c3ncccc23)C[C@H](C(=O)N2CC(N)C2)O1.C[C@@H]1CN(c2ccc(C(F)(F)F)c3ncccc23)C[C@H](C(=O)O)O1. The maximum absolute atomic E-state index is 13.4. The standard InChI is InChI=1S/C19H21F3N4O2.C16H15F3N2O3.C9H17NO2.CH4/c1-11-7-25(10-16(28-11)18(27)26-8-12(23)9-26)15-5-4-14(19(20,21)22)17-13(15)3-2-6-24-17;1-9-7-21(8-13(24-9)15(22)23)12-5-4-11(16(17,18)19)14-10(12)3-2-6-20-14;1-9(2,3)12-8(11)10-7-5-4-6-7;/h2-6,11-12,16H,7-10,23H2,1H3;2-6,9,13H,7-8H2,1H3,(H,22,23);7H,4-6H2,1-3H3,(H,10,11);1H4/t11-,16-;9-,13-;;/m11../s1. The van der Waals surface area contributed by atoms with Crippen molar-refractivity contribution < 1.29 is 60.0 Å². The highest BCUT2D eigenvalue weighted by Crippen LogP contribution is 2.40. The lowest BCUT2D eigenvalue weighted by atomic mass is 9.93. The number of alkyl carbamates (subject to hydrolysis) is 1. The van der Waals surface area contributed by atoms with E-state index in [0.29, 0.717) is 54.4 Å². The molecule has 1 aliphatic carbocycles. The highest BCUT2D eigenvalue weighted by Gasteiger charge is 2.40. The lowest BCUT2D eigenvalue weighted by Gasteiger charge is -2.43. The van der Waals surface area contributed by atoms with Gasteiger partial charge in [-0.15, -0.1) is 0 Å². The predicted octanol–water partition coefficient (Wildman–Crippen LogP) is 7.65. The molecule has 0 unspecified atom stereocenters. The first-order chi connectivity index (χ1) is 30.0. The van der Waals surface area contributed by atoms with Crippen molar-refractivity contribution in [1.82, 2.24) is 20.2 Å². The molecular formula is C45H57F6N7O7. The minimum Gasteiger partial charge on any atom is -0.479 e. The number of aromatic nitrogens is 2. The molecule has 2 aromatic heterocycles. The molecule has 4 fully saturated rings. The van der Waals surface area contributed by atoms with E-state index in [1.54, 1.807) is 41.0 Å². The molecule has 8 rings (SSSR count). The smallest absolute Gasteiger partial charge is 0.418 e. The summed E-state index contributed by atoms with van der Waals surface area (Å²) in [6.45, 7) is 11.4. The number of hydrogen-bond acceptors (Lipinski definition) is 11. The first-order valence-electron chi connectivity index (χ1n) is 21.0. The maximum atomic E-state index is 13.4. The Balaban J connectivity index is 0.000000195. The van der Waals surface area contributed by atoms with Crippen molar-refractivity contribution in [3.8, 4) is 0 Å². The lowest BCUT2D eigenvalue weighted by molar-refractivity contribution is -0.155. The van der Waals surface area contributed by atoms with Crippen LogP contribution in [0, 0.1) is 0 Å². The van der Waals surface area contributed by atoms with Gasteiger partial charge < -0.3 is 45.1 Å². The maximum Gasteiger partial charge on any atom is 0.418 e. The van der Waals surface area contributed by atoms with Crippen molar-refractivity contribution in [1.29, 1.82) is 0 Å². The van der Waals surface area contributed by atoms with Crippen LogP contribution in [0.25, 0.3) is 21.8 Å². The van der Waals surface area contributed by atoms with E-state index < -0.39 is 41.7 Å². The van der Waals surface area contributed by atoms with Gasteiger partial charge >= 0.3 is 24.4 Å². The van der Waals surface area contributed by atoms with Crippen molar-refractivity contribution in [2.75, 3.05) is 49.1 Å². The molecule has 0 radical (unpaired) electrons. The Bertz CT molecular complexity index is 2300. The zero-order valence-corrected chi connectivity index (χ0v) is 36.1. The Hall–Kier alpha value is -5.47. The number of amides is 2. The molecule has 65 heavy (non-hydrogen) atoms. The molecule has 2 amide bonds. The number of nitrogens with one attached hydrogen (secondary N) is 1. The molecule has 0 bridgehead atoms. The van der Waals surface area contributed by atoms with Gasteiger partial charge in [-0.05, 0) is 102 Å². The van der Waals surface area contributed by atoms with E-state index in [1.165, 1.54) is 30.9 Å². The first-order valence-corrected chi connectivity index (χ1v) is 21.0. The van der Waals surface area contributed by atoms with Crippen LogP contribution in [-0.2, 0) is 36.2 Å². The molecule has 1 saturated carbocycles. The van der Waals surface area contributed by atoms with E-state index >= 15 is 0 Å². The third kappa shape index (κ3) is 12.7. The molecule has 14 nitrogen and oxygen atoms in total. The monoisotopic (exact) mass is 921 g/mol. The number of carbonyl (C=O) groups excluding carboxylic acids is 2. The number of carboxylic acid groups (broad SMARTS) is 1. The van der Waals surface area contributed by atoms with Crippen LogP contribution in [0.15, 0.2) is 60.9 Å². The zero-order valence-electron chi connectivity index (χ0n) is 36.1. The van der Waals surface area contributed by atoms with Gasteiger partial charge in [-0.3, -0.25) is 14.8 Å². The van der Waals surface area contributed by atoms with Gasteiger partial charge in [-0.1, -0.05) is 7.43 Å². The van der Waals surface area contributed by atoms with Crippen molar-refractivity contribution in [2.24, 2.45) is 5.73 Å². The number of likely N-dealkylation sites (tertiary alicyclic amines) is 1. The summed E-state index contributed by atoms with van der Waals surface area (Å²) in [5, 5.41) is 12.7. The minimum absolute atomic E-state index is 0. The number of halogens is 6. The number of aliphatic carboxylic acids is 1. The van der Waals surface area contributed by atoms with Crippen molar-refractivity contribution in [3.05, 3.63) is 72.1 Å². The molecule has 4 aliphatic rings. The molecule has 2 aromatic carbocycles. The van der Waals surface area contributed by atoms with Crippen molar-refractivity contribution in [3.63, 3.8) is 0 Å². The Labute approximate surface area is 373 Å². The number of pyridine rings is 2. The summed E-state index contributed by atoms with van der Waals surface area (Å²) in [6, 6.07) is 11.6. The van der Waals surface area contributed by atoms with E-state index in [1.807, 2.05) is 32.6 Å². The Morgan fingerprint density at radius 3 is 1.60 bits per heavy atom. The van der Waals surface area contributed by atoms with Crippen LogP contribution in [0.4, 0.5) is 42.5 Å². The molecule has 4 N–H and O–H groups in total. The molecule has 4 atom stereocenters. The van der Waals surface area contributed by atoms with Crippen LogP contribution < -0.4 is 20.9 Å². The van der Waals surface area contributed by atoms with Gasteiger partial charge in [0, 0.05) is 72.8 Å². The fourth-order valence-corrected chi connectivity index (χ4v) is 7.82. The second-order valence-corrected chi connectivity index (χ2v) is 17.4. The van der Waals surface area contributed by atoms with Crippen LogP contribution in [0.5, 0.6) is 0 Å². The van der Waals surface area contributed by atoms with Crippen LogP contribution >= 0.6 is 0 Å². The number of hydrogen-bond donors (Lipinski definition) is 3. The van der Waals surface area contributed by atoms with Gasteiger partial charge in [0.25, 0.3) is 5.91 Å². The summed E-state index contributed by atoms with van der Waals surface area (Å²) in [6.07, 6.45) is -5.50. The largest absolute Gasteiger partial charge is 0.479 e. The van der Waals surface area contributed by atoms with Gasteiger partial charge in [0.05, 0.1) is 47.5 Å². The number of fused-ring (bicyclic) bond motifs is 2. The molecule has 5 heterocycles. The van der Waals surface area contributed by atoms with Gasteiger partial charge in [-0.2, -0.15) is 26.3 Å². The molecule has 3 saturated heterocycles. The molecule has 3 aliphatic heterocycles. The fraction of sp³-hybridized carbons (Fsp3) is 0.533. The molecule has 356 valence electrons. The summed E-state index contributed by atoms with van der Waals surface area (Å²) >= 11 is 0. The minimum atomic E-state index is -4.51. The molecule has 20 heteroatoms. The quantitative estimate of drug-likeness (QED) is 0.167. The zero-order chi connectivity index (χ0) is 46.7. The van der Waals surface area contributed by atoms with E-state index in [0.717, 1.165) is 25.0 Å². The number of alkyl halides is 6. The third-order valence-corrected chi connectivity index (χ3v) is 10.9. The normalized spacial score (nSPS) is 21.7. The Morgan fingerprint density at radius 2 is 1.20 bits per heavy atom. The van der Waals surface area contributed by atoms with Crippen molar-refractivity contribution in [2.45, 2.75) is 116 Å². The average molecular weight is 922 g/mol. The van der Waals surface area contributed by atoms with Crippen LogP contribution in [0.3, 0.4) is 0 Å². The summed E-state index contributed by atoms with van der Waals surface area (Å²) in [5.41, 5.74) is 4.69. The number of rotatable bonds is 5. The number of benzene rings is 2. The van der Waals surface area contributed by atoms with Crippen molar-refractivity contribution >= 4 is 51.2 Å². The predicted molar refractivity (Wildman–Crippen MR) is 233 cm³/mol. The van der Waals surface area contributed by atoms with Gasteiger partial charge in [0.2, 0.25) is 0 Å². The number of nitrogens with zero attached hydrogens (tertiary/aromatic N) is 5. The second-order valence-electron chi connectivity index (χ2n) is 17.4. The van der Waals surface area contributed by atoms with E-state index in [4.69, 9.17) is 19.9 Å². The highest BCUT2D eigenvalue weighted by atomic mass is 19.4. The van der Waals surface area contributed by atoms with E-state index in [2.05, 4.69) is 15.3 Å². The van der Waals surface area contributed by atoms with Crippen LogP contribution in [0.1, 0.15) is 72.4 Å². The third-order valence-electron chi connectivity index (χ3n) is 10.9. The summed E-state index contributed by atoms with van der Waals surface area (Å²) in [5.74, 6) is -1.23. The topological polar surface area (TPSA) is 173 Å². The van der Waals surface area contributed by atoms with Gasteiger partial charge in [0.1, 0.15) is 5.60 Å². The number of morpholine rings is 2. The summed E-state index contributed by atoms with van der Waals surface area (Å²) < 4.78 is 95.8. The average Bonchev–Trinajstić information content (AvgIpc) is 3.18. The fourth-order valence-electron chi connectivity index (χ4n) is 7.82. The summed E-state index contributed by atoms with van der Waals surface area (Å²) in [4.78, 5) is 48.1. The Kier molecular flexibility index (Phi) is 15.8. The van der Waals surface area contributed by atoms with E-state index in [9.17, 15) is 45.8 Å². The number of ether oxygens (including phenoxy) is 3. The van der Waals surface area contributed by atoms with Gasteiger partial charge in [0.15, 0.2) is 12.2 Å². The lowest BCUT2D eigenvalue weighted by Crippen LogP contribution is -2.63. The number of carbonyl (C=O) groups is 3. The number of nitrogens with two attached hydrogens (primary N) is 1. The molecule has 4 aromatic rings. The Morgan fingerprint density at radius 1 is 0.738 bits per heavy atom. The molecule has 0 spiro atoms. The van der Waals surface area contributed by atoms with Crippen LogP contribution in [0.2, 0.25) is 0 Å². The molecular weight excluding hydrogens is 865 g/mol. The second kappa shape index (κ2) is 20.4. The van der Waals surface area contributed by atoms with Crippen LogP contribution in [-0.4, -0.2) is 119 Å². The highest BCUT2D eigenvalue weighted by molar-refractivity contribution is 5.95. The van der Waals surface area contributed by atoms with Gasteiger partial charge in [-0.25, -0.2) is 9.59 Å². The number of anilines is 2.